The number of halogens is 1. The molecule has 3 amide bonds. The van der Waals surface area contributed by atoms with E-state index in [2.05, 4.69) is 10.3 Å². The van der Waals surface area contributed by atoms with Crippen LogP contribution < -0.4 is 26.9 Å². The molecule has 0 unspecified atom stereocenters. The van der Waals surface area contributed by atoms with Crippen molar-refractivity contribution in [3.8, 4) is 0 Å². The molecule has 2 atom stereocenters. The number of pyridine rings is 1. The van der Waals surface area contributed by atoms with E-state index in [4.69, 9.17) is 4.74 Å². The number of aromatic nitrogens is 1. The van der Waals surface area contributed by atoms with Crippen molar-refractivity contribution in [2.24, 2.45) is 10.9 Å². The number of ether oxygens (including phenoxy) is 1. The Morgan fingerprint density at radius 3 is 2.04 bits per heavy atom. The number of hydrogen-bond acceptors (Lipinski definition) is 6. The van der Waals surface area contributed by atoms with Gasteiger partial charge in [-0.2, -0.15) is 0 Å². The van der Waals surface area contributed by atoms with E-state index in [9.17, 15) is 19.2 Å². The van der Waals surface area contributed by atoms with E-state index in [1.54, 1.807) is 18.3 Å². The quantitative estimate of drug-likeness (QED) is 0.221. The maximum atomic E-state index is 14.9. The van der Waals surface area contributed by atoms with Crippen molar-refractivity contribution in [1.29, 1.82) is 0 Å². The highest BCUT2D eigenvalue weighted by molar-refractivity contribution is 6.37. The Morgan fingerprint density at radius 2 is 1.47 bits per heavy atom. The fourth-order valence-electron chi connectivity index (χ4n) is 6.47. The molecule has 0 fully saturated rings. The summed E-state index contributed by atoms with van der Waals surface area (Å²) in [5, 5.41) is 2.77. The zero-order valence-corrected chi connectivity index (χ0v) is 31.9. The molecule has 1 aromatic heterocycles. The normalized spacial score (nSPS) is 16.9. The third-order valence-electron chi connectivity index (χ3n) is 9.11. The third-order valence-corrected chi connectivity index (χ3v) is 9.11. The highest BCUT2D eigenvalue weighted by Gasteiger charge is 2.45. The summed E-state index contributed by atoms with van der Waals surface area (Å²) < 4.78 is 7.50. The molecule has 4 aromatic rings. The molecule has 274 valence electrons. The number of ketones is 1. The fraction of sp³-hybridized carbons (Fsp3) is 0.286. The lowest BCUT2D eigenvalue weighted by Crippen LogP contribution is -3.00. The van der Waals surface area contributed by atoms with E-state index in [-0.39, 0.29) is 54.3 Å². The van der Waals surface area contributed by atoms with Crippen LogP contribution in [0.2, 0.25) is 0 Å². The zero-order chi connectivity index (χ0) is 36.8. The second kappa shape index (κ2) is 16.9. The molecule has 0 saturated heterocycles. The molecule has 2 aliphatic heterocycles. The predicted molar refractivity (Wildman–Crippen MR) is 198 cm³/mol. The molecule has 10 nitrogen and oxygen atoms in total. The number of carbonyl (C=O) groups excluding carboxylic acids is 4. The van der Waals surface area contributed by atoms with Crippen LogP contribution in [0.4, 0.5) is 0 Å². The first kappa shape index (κ1) is 38.8. The van der Waals surface area contributed by atoms with Gasteiger partial charge in [0.2, 0.25) is 11.7 Å². The molecule has 0 saturated carbocycles. The van der Waals surface area contributed by atoms with Crippen LogP contribution in [0.3, 0.4) is 0 Å². The Hall–Kier alpha value is -5.42. The Balaban J connectivity index is 0.00000541. The van der Waals surface area contributed by atoms with Gasteiger partial charge in [-0.05, 0) is 30.9 Å². The molecule has 2 aliphatic rings. The molecule has 1 N–H and O–H groups in total. The summed E-state index contributed by atoms with van der Waals surface area (Å²) in [5.41, 5.74) is 2.91. The van der Waals surface area contributed by atoms with Gasteiger partial charge in [0.1, 0.15) is 18.7 Å². The summed E-state index contributed by atoms with van der Waals surface area (Å²) in [6.07, 6.45) is 5.57. The Labute approximate surface area is 321 Å². The number of aliphatic imine (C=N–C) groups is 1. The van der Waals surface area contributed by atoms with Crippen LogP contribution in [0.1, 0.15) is 54.7 Å². The molecule has 0 aliphatic carbocycles. The average Bonchev–Trinajstić information content (AvgIpc) is 3.53. The lowest BCUT2D eigenvalue weighted by molar-refractivity contribution is -0.688. The number of nitrogens with zero attached hydrogens (tertiary/aromatic N) is 4. The molecule has 0 bridgehead atoms. The summed E-state index contributed by atoms with van der Waals surface area (Å²) in [6, 6.07) is 30.3. The standard InChI is InChI=1S/C42H43N5O5.BrH/c1-29(2)37-41(51)47(34(24-30-14-8-5-9-15-30)38(49)43-25-36(48)39-44-42(3,4)28-52-39)35(32-18-12-7-13-19-32)27-46(37)40(50)33-20-22-45(23-21-33)26-31-16-10-6-11-17-31;/h5-23,27,29,34,37H,24-26,28H2,1-4H3;1H/t34-,37+;/m0./s1. The van der Waals surface area contributed by atoms with E-state index in [0.29, 0.717) is 23.4 Å². The lowest BCUT2D eigenvalue weighted by Gasteiger charge is -2.44. The molecular weight excluding hydrogens is 734 g/mol. The largest absolute Gasteiger partial charge is 1.00 e. The van der Waals surface area contributed by atoms with E-state index in [1.165, 1.54) is 9.80 Å². The monoisotopic (exact) mass is 777 g/mol. The van der Waals surface area contributed by atoms with E-state index >= 15 is 0 Å². The van der Waals surface area contributed by atoms with Gasteiger partial charge in [-0.1, -0.05) is 105 Å². The van der Waals surface area contributed by atoms with Crippen LogP contribution in [0.15, 0.2) is 127 Å². The van der Waals surface area contributed by atoms with Crippen LogP contribution in [-0.4, -0.2) is 70.0 Å². The minimum Gasteiger partial charge on any atom is -1.00 e. The first-order valence-electron chi connectivity index (χ1n) is 17.5. The topological polar surface area (TPSA) is 112 Å². The van der Waals surface area contributed by atoms with Gasteiger partial charge in [0, 0.05) is 30.3 Å². The van der Waals surface area contributed by atoms with Crippen LogP contribution in [0.5, 0.6) is 0 Å². The number of nitrogens with one attached hydrogen (secondary N) is 1. The van der Waals surface area contributed by atoms with Crippen molar-refractivity contribution in [2.45, 2.75) is 58.3 Å². The number of Topliss-reactive ketones (excluding diaryl/α,β-unsaturated/α-hetero) is 1. The Bertz CT molecular complexity index is 1980. The van der Waals surface area contributed by atoms with Gasteiger partial charge < -0.3 is 31.9 Å². The summed E-state index contributed by atoms with van der Waals surface area (Å²) in [6.45, 7) is 8.07. The number of carbonyl (C=O) groups is 4. The SMILES string of the molecule is CC(C)[C@@H]1C(=O)N([C@@H](Cc2ccccc2)C(=O)NCC(=O)C2=NC(C)(C)CO2)C(c2ccccc2)=CN1C(=O)c1cc[n+](Cc2ccccc2)cc1.[Br-]. The highest BCUT2D eigenvalue weighted by atomic mass is 79.9. The second-order valence-electron chi connectivity index (χ2n) is 14.1. The number of hydrogen-bond donors (Lipinski definition) is 1. The third kappa shape index (κ3) is 9.15. The van der Waals surface area contributed by atoms with Crippen molar-refractivity contribution in [2.75, 3.05) is 13.2 Å². The molecule has 3 aromatic carbocycles. The van der Waals surface area contributed by atoms with E-state index in [0.717, 1.165) is 11.1 Å². The maximum absolute atomic E-state index is 14.9. The minimum atomic E-state index is -1.05. The minimum absolute atomic E-state index is 0. The Morgan fingerprint density at radius 1 is 0.887 bits per heavy atom. The molecule has 0 spiro atoms. The van der Waals surface area contributed by atoms with Crippen molar-refractivity contribution in [1.82, 2.24) is 15.1 Å². The van der Waals surface area contributed by atoms with Gasteiger partial charge in [-0.15, -0.1) is 0 Å². The van der Waals surface area contributed by atoms with Crippen LogP contribution >= 0.6 is 0 Å². The number of benzene rings is 3. The second-order valence-corrected chi connectivity index (χ2v) is 14.1. The molecular formula is C42H44BrN5O5. The summed E-state index contributed by atoms with van der Waals surface area (Å²) >= 11 is 0. The van der Waals surface area contributed by atoms with Gasteiger partial charge in [-0.3, -0.25) is 24.1 Å². The number of rotatable bonds is 12. The molecule has 3 heterocycles. The zero-order valence-electron chi connectivity index (χ0n) is 30.3. The lowest BCUT2D eigenvalue weighted by atomic mass is 9.93. The maximum Gasteiger partial charge on any atom is 0.259 e. The molecule has 53 heavy (non-hydrogen) atoms. The molecule has 0 radical (unpaired) electrons. The van der Waals surface area contributed by atoms with Gasteiger partial charge >= 0.3 is 0 Å². The van der Waals surface area contributed by atoms with Gasteiger partial charge in [-0.25, -0.2) is 9.56 Å². The van der Waals surface area contributed by atoms with E-state index in [1.807, 2.05) is 136 Å². The van der Waals surface area contributed by atoms with Gasteiger partial charge in [0.05, 0.1) is 23.3 Å². The van der Waals surface area contributed by atoms with Crippen molar-refractivity contribution in [3.63, 3.8) is 0 Å². The summed E-state index contributed by atoms with van der Waals surface area (Å²) in [7, 11) is 0. The number of amides is 3. The average molecular weight is 779 g/mol. The van der Waals surface area contributed by atoms with Crippen molar-refractivity contribution in [3.05, 3.63) is 144 Å². The van der Waals surface area contributed by atoms with Crippen molar-refractivity contribution < 1.29 is 45.5 Å². The molecule has 11 heteroatoms. The summed E-state index contributed by atoms with van der Waals surface area (Å²) in [4.78, 5) is 63.9. The first-order valence-corrected chi connectivity index (χ1v) is 17.5. The first-order chi connectivity index (χ1) is 25.0. The van der Waals surface area contributed by atoms with E-state index < -0.39 is 35.2 Å². The van der Waals surface area contributed by atoms with Crippen LogP contribution in [0.25, 0.3) is 5.70 Å². The highest BCUT2D eigenvalue weighted by Crippen LogP contribution is 2.34. The summed E-state index contributed by atoms with van der Waals surface area (Å²) in [5.74, 6) is -2.02. The van der Waals surface area contributed by atoms with Crippen molar-refractivity contribution >= 4 is 35.1 Å². The van der Waals surface area contributed by atoms with Crippen LogP contribution in [0, 0.1) is 5.92 Å². The fourth-order valence-corrected chi connectivity index (χ4v) is 6.47. The van der Waals surface area contributed by atoms with Gasteiger partial charge in [0.15, 0.2) is 18.9 Å². The smallest absolute Gasteiger partial charge is 0.259 e. The van der Waals surface area contributed by atoms with Gasteiger partial charge in [0.25, 0.3) is 17.7 Å². The predicted octanol–water partition coefficient (Wildman–Crippen LogP) is 1.84. The molecule has 6 rings (SSSR count). The van der Waals surface area contributed by atoms with Crippen LogP contribution in [-0.2, 0) is 32.1 Å². The Kier molecular flexibility index (Phi) is 12.4.